The standard InChI is InChI=1S/C85H108N2O6S2/c1-11-17-23-29-43-85(44-30-24-18-12-2)73-56-66(49-60(58-86)82(88)89)94-80(73)81-74(85)57-77(95-81)59-35-37-61(38-36-59)87(62-39-41-67-69(50-62)83(7,8)71-52-64(90-45-31-25-19-13-3)54-75(78(67)71)92-47-33-27-21-15-5)63-40-42-68-70(51-63)84(9,10)72-53-65(91-46-32-26-20-14-4)55-76(79(68)72)93-48-34-28-22-16-6/h35-42,49-57H,11-34,43-48H2,1-10H3,(H,88,89)/b60-49+. The number of nitriles is 1. The predicted octanol–water partition coefficient (Wildman–Crippen LogP) is 25.6. The molecule has 2 heterocycles. The summed E-state index contributed by atoms with van der Waals surface area (Å²) in [5, 5.41) is 19.8. The van der Waals surface area contributed by atoms with Gasteiger partial charge in [0.1, 0.15) is 34.6 Å². The first-order valence-corrected chi connectivity index (χ1v) is 38.5. The monoisotopic (exact) mass is 1320 g/mol. The first kappa shape index (κ1) is 71.0. The highest BCUT2D eigenvalue weighted by molar-refractivity contribution is 7.24. The zero-order chi connectivity index (χ0) is 67.1. The van der Waals surface area contributed by atoms with Gasteiger partial charge in [-0.3, -0.25) is 0 Å². The molecule has 10 heteroatoms. The molecule has 0 radical (unpaired) electrons. The molecule has 506 valence electrons. The number of carboxylic acids is 1. The van der Waals surface area contributed by atoms with Gasteiger partial charge in [0, 0.05) is 76.1 Å². The lowest BCUT2D eigenvalue weighted by molar-refractivity contribution is -0.132. The van der Waals surface area contributed by atoms with Crippen LogP contribution in [0, 0.1) is 11.3 Å². The molecule has 0 aliphatic heterocycles. The quantitative estimate of drug-likeness (QED) is 0.0230. The number of carboxylic acid groups (broad SMARTS) is 1. The summed E-state index contributed by atoms with van der Waals surface area (Å²) in [5.74, 6) is 2.39. The first-order valence-electron chi connectivity index (χ1n) is 36.9. The van der Waals surface area contributed by atoms with Crippen LogP contribution in [-0.2, 0) is 21.0 Å². The minimum atomic E-state index is -1.19. The molecule has 10 rings (SSSR count). The van der Waals surface area contributed by atoms with Crippen molar-refractivity contribution in [3.8, 4) is 71.5 Å². The van der Waals surface area contributed by atoms with E-state index in [4.69, 9.17) is 18.9 Å². The van der Waals surface area contributed by atoms with Crippen molar-refractivity contribution in [1.29, 1.82) is 5.26 Å². The summed E-state index contributed by atoms with van der Waals surface area (Å²) in [6.07, 6.45) is 31.3. The van der Waals surface area contributed by atoms with Crippen molar-refractivity contribution < 1.29 is 28.8 Å². The van der Waals surface area contributed by atoms with Gasteiger partial charge in [-0.1, -0.05) is 222 Å². The van der Waals surface area contributed by atoms with Crippen LogP contribution in [0.2, 0.25) is 0 Å². The molecule has 0 atom stereocenters. The van der Waals surface area contributed by atoms with Crippen LogP contribution in [0.1, 0.15) is 274 Å². The average Bonchev–Trinajstić information content (AvgIpc) is 1.58. The van der Waals surface area contributed by atoms with E-state index in [-0.39, 0.29) is 21.8 Å². The van der Waals surface area contributed by atoms with Crippen molar-refractivity contribution >= 4 is 51.8 Å². The van der Waals surface area contributed by atoms with E-state index in [1.165, 1.54) is 166 Å². The lowest BCUT2D eigenvalue weighted by Gasteiger charge is -2.31. The Labute approximate surface area is 578 Å². The Kier molecular flexibility index (Phi) is 24.6. The smallest absolute Gasteiger partial charge is 0.346 e. The second-order valence-corrected chi connectivity index (χ2v) is 30.5. The van der Waals surface area contributed by atoms with E-state index in [0.29, 0.717) is 26.4 Å². The maximum Gasteiger partial charge on any atom is 0.346 e. The fraction of sp³-hybridized carbons (Fsp3) is 0.506. The summed E-state index contributed by atoms with van der Waals surface area (Å²) in [4.78, 5) is 19.3. The third kappa shape index (κ3) is 15.6. The van der Waals surface area contributed by atoms with Gasteiger partial charge in [-0.2, -0.15) is 5.26 Å². The number of anilines is 3. The minimum absolute atomic E-state index is 0.188. The van der Waals surface area contributed by atoms with Crippen LogP contribution in [0.5, 0.6) is 23.0 Å². The fourth-order valence-corrected chi connectivity index (χ4v) is 17.8. The SMILES string of the molecule is CCCCCCOc1cc(OCCCCCC)c2c(c1)C(C)(C)c1cc(N(c3ccc(-c4cc5c(s4)-c4sc(/C=C(\C#N)C(=O)O)cc4C5(CCCCCC)CCCCCC)cc3)c3ccc4c(c3)C(C)(C)c3cc(OCCCCCC)cc(OCCCCCC)c3-4)ccc1-2. The molecule has 0 spiro atoms. The summed E-state index contributed by atoms with van der Waals surface area (Å²) >= 11 is 3.51. The molecule has 0 unspecified atom stereocenters. The van der Waals surface area contributed by atoms with Crippen molar-refractivity contribution in [2.75, 3.05) is 31.3 Å². The Balaban J connectivity index is 1.09. The second-order valence-electron chi connectivity index (χ2n) is 28.3. The number of hydrogen-bond acceptors (Lipinski definition) is 9. The van der Waals surface area contributed by atoms with Crippen LogP contribution in [0.4, 0.5) is 17.1 Å². The molecule has 0 saturated carbocycles. The zero-order valence-corrected chi connectivity index (χ0v) is 60.9. The Morgan fingerprint density at radius 2 is 0.874 bits per heavy atom. The molecule has 95 heavy (non-hydrogen) atoms. The van der Waals surface area contributed by atoms with E-state index in [1.54, 1.807) is 17.4 Å². The first-order chi connectivity index (χ1) is 46.2. The van der Waals surface area contributed by atoms with Crippen LogP contribution in [0.15, 0.2) is 103 Å². The van der Waals surface area contributed by atoms with E-state index in [0.717, 1.165) is 122 Å². The lowest BCUT2D eigenvalue weighted by atomic mass is 9.71. The number of aliphatic carboxylic acids is 1. The van der Waals surface area contributed by atoms with Gasteiger partial charge in [0.2, 0.25) is 0 Å². The molecule has 8 nitrogen and oxygen atoms in total. The molecule has 2 aromatic heterocycles. The molecule has 0 bridgehead atoms. The largest absolute Gasteiger partial charge is 0.493 e. The molecule has 0 fully saturated rings. The van der Waals surface area contributed by atoms with Crippen LogP contribution < -0.4 is 23.8 Å². The van der Waals surface area contributed by atoms with Gasteiger partial charge < -0.3 is 29.0 Å². The Hall–Kier alpha value is -6.80. The molecule has 1 N–H and O–H groups in total. The molecule has 3 aliphatic rings. The Bertz CT molecular complexity index is 3640. The van der Waals surface area contributed by atoms with Gasteiger partial charge in [-0.15, -0.1) is 22.7 Å². The van der Waals surface area contributed by atoms with Crippen molar-refractivity contribution in [2.24, 2.45) is 0 Å². The topological polar surface area (TPSA) is 101 Å². The van der Waals surface area contributed by atoms with Crippen molar-refractivity contribution in [1.82, 2.24) is 0 Å². The van der Waals surface area contributed by atoms with Gasteiger partial charge in [0.15, 0.2) is 0 Å². The second kappa shape index (κ2) is 33.0. The molecule has 7 aromatic rings. The van der Waals surface area contributed by atoms with Crippen molar-refractivity contribution in [2.45, 2.75) is 252 Å². The number of thiophene rings is 2. The number of rotatable bonds is 40. The van der Waals surface area contributed by atoms with Gasteiger partial charge in [-0.25, -0.2) is 4.79 Å². The average molecular weight is 1320 g/mol. The normalized spacial score (nSPS) is 14.2. The number of fused-ring (bicyclic) bond motifs is 9. The fourth-order valence-electron chi connectivity index (χ4n) is 15.2. The van der Waals surface area contributed by atoms with Crippen molar-refractivity contribution in [3.05, 3.63) is 141 Å². The Morgan fingerprint density at radius 1 is 0.463 bits per heavy atom. The number of benzene rings is 5. The number of carbonyl (C=O) groups is 1. The van der Waals surface area contributed by atoms with Crippen LogP contribution in [-0.4, -0.2) is 37.5 Å². The number of ether oxygens (including phenoxy) is 4. The molecule has 0 amide bonds. The highest BCUT2D eigenvalue weighted by Crippen LogP contribution is 2.62. The van der Waals surface area contributed by atoms with E-state index in [2.05, 4.69) is 171 Å². The third-order valence-corrected chi connectivity index (χ3v) is 23.1. The summed E-state index contributed by atoms with van der Waals surface area (Å²) in [7, 11) is 0. The molecular formula is C85H108N2O6S2. The van der Waals surface area contributed by atoms with Crippen molar-refractivity contribution in [3.63, 3.8) is 0 Å². The van der Waals surface area contributed by atoms with Crippen LogP contribution in [0.3, 0.4) is 0 Å². The number of hydrogen-bond donors (Lipinski definition) is 1. The van der Waals surface area contributed by atoms with Gasteiger partial charge in [0.25, 0.3) is 0 Å². The third-order valence-electron chi connectivity index (χ3n) is 20.6. The maximum absolute atomic E-state index is 12.2. The van der Waals surface area contributed by atoms with Gasteiger partial charge >= 0.3 is 5.97 Å². The number of nitrogens with zero attached hydrogens (tertiary/aromatic N) is 2. The molecule has 0 saturated heterocycles. The predicted molar refractivity (Wildman–Crippen MR) is 401 cm³/mol. The molecule has 3 aliphatic carbocycles. The van der Waals surface area contributed by atoms with Crippen LogP contribution >= 0.6 is 22.7 Å². The van der Waals surface area contributed by atoms with E-state index >= 15 is 0 Å². The van der Waals surface area contributed by atoms with E-state index < -0.39 is 5.97 Å². The van der Waals surface area contributed by atoms with E-state index in [1.807, 2.05) is 17.4 Å². The molecular weight excluding hydrogens is 1210 g/mol. The highest BCUT2D eigenvalue weighted by Gasteiger charge is 2.46. The van der Waals surface area contributed by atoms with Gasteiger partial charge in [-0.05, 0) is 155 Å². The van der Waals surface area contributed by atoms with Crippen LogP contribution in [0.25, 0.3) is 48.5 Å². The highest BCUT2D eigenvalue weighted by atomic mass is 32.1. The summed E-state index contributed by atoms with van der Waals surface area (Å²) in [6.45, 7) is 25.8. The lowest BCUT2D eigenvalue weighted by Crippen LogP contribution is -2.25. The number of unbranched alkanes of at least 4 members (excludes halogenated alkanes) is 18. The van der Waals surface area contributed by atoms with E-state index in [9.17, 15) is 15.2 Å². The molecule has 5 aromatic carbocycles. The van der Waals surface area contributed by atoms with Gasteiger partial charge in [0.05, 0.1) is 26.4 Å². The summed E-state index contributed by atoms with van der Waals surface area (Å²) < 4.78 is 26.9. The summed E-state index contributed by atoms with van der Waals surface area (Å²) in [5.41, 5.74) is 15.8. The summed E-state index contributed by atoms with van der Waals surface area (Å²) in [6, 6.07) is 39.1. The Morgan fingerprint density at radius 3 is 1.31 bits per heavy atom. The zero-order valence-electron chi connectivity index (χ0n) is 59.2. The maximum atomic E-state index is 12.2. The minimum Gasteiger partial charge on any atom is -0.493 e.